The summed E-state index contributed by atoms with van der Waals surface area (Å²) in [6.45, 7) is 0. The van der Waals surface area contributed by atoms with Crippen molar-refractivity contribution in [3.8, 4) is 17.1 Å². The molecule has 0 fully saturated rings. The number of benzene rings is 2. The van der Waals surface area contributed by atoms with Crippen LogP contribution in [0.2, 0.25) is 0 Å². The van der Waals surface area contributed by atoms with Gasteiger partial charge in [-0.1, -0.05) is 54.6 Å². The number of aromatic amines is 1. The molecular formula is C17H11N3O3. The monoisotopic (exact) mass is 305 g/mol. The molecule has 0 bridgehead atoms. The van der Waals surface area contributed by atoms with Crippen LogP contribution in [0.4, 0.5) is 4.79 Å². The molecule has 0 saturated carbocycles. The molecule has 23 heavy (non-hydrogen) atoms. The molecule has 4 rings (SSSR count). The van der Waals surface area contributed by atoms with Crippen LogP contribution in [-0.4, -0.2) is 26.4 Å². The van der Waals surface area contributed by atoms with Gasteiger partial charge >= 0.3 is 6.16 Å². The fraction of sp³-hybridized carbons (Fsp3) is 0. The molecule has 0 spiro atoms. The van der Waals surface area contributed by atoms with Crippen molar-refractivity contribution in [1.29, 1.82) is 0 Å². The first-order valence-electron chi connectivity index (χ1n) is 6.97. The Kier molecular flexibility index (Phi) is 2.94. The Morgan fingerprint density at radius 3 is 2.43 bits per heavy atom. The van der Waals surface area contributed by atoms with E-state index in [9.17, 15) is 4.79 Å². The van der Waals surface area contributed by atoms with Crippen molar-refractivity contribution in [2.24, 2.45) is 0 Å². The van der Waals surface area contributed by atoms with Crippen molar-refractivity contribution in [2.75, 3.05) is 0 Å². The Bertz CT molecular complexity index is 1030. The van der Waals surface area contributed by atoms with E-state index in [4.69, 9.17) is 9.84 Å². The van der Waals surface area contributed by atoms with Gasteiger partial charge in [-0.15, -0.1) is 5.10 Å². The van der Waals surface area contributed by atoms with E-state index in [-0.39, 0.29) is 5.88 Å². The molecule has 0 aliphatic heterocycles. The summed E-state index contributed by atoms with van der Waals surface area (Å²) in [5.41, 5.74) is 2.74. The maximum atomic E-state index is 10.8. The van der Waals surface area contributed by atoms with Crippen LogP contribution in [0.1, 0.15) is 0 Å². The van der Waals surface area contributed by atoms with Gasteiger partial charge in [0.15, 0.2) is 5.52 Å². The zero-order valence-electron chi connectivity index (χ0n) is 11.9. The quantitative estimate of drug-likeness (QED) is 0.549. The molecule has 2 N–H and O–H groups in total. The highest BCUT2D eigenvalue weighted by Gasteiger charge is 2.17. The highest BCUT2D eigenvalue weighted by atomic mass is 16.7. The topological polar surface area (TPSA) is 88.1 Å². The molecule has 2 aromatic carbocycles. The number of carboxylic acid groups (broad SMARTS) is 1. The van der Waals surface area contributed by atoms with E-state index < -0.39 is 6.16 Å². The molecule has 6 heteroatoms. The average Bonchev–Trinajstić information content (AvgIpc) is 2.97. The van der Waals surface area contributed by atoms with Gasteiger partial charge in [0.05, 0.1) is 11.2 Å². The Morgan fingerprint density at radius 1 is 1.00 bits per heavy atom. The van der Waals surface area contributed by atoms with Crippen LogP contribution < -0.4 is 4.74 Å². The lowest BCUT2D eigenvalue weighted by Crippen LogP contribution is -2.03. The summed E-state index contributed by atoms with van der Waals surface area (Å²) < 4.78 is 4.72. The summed E-state index contributed by atoms with van der Waals surface area (Å²) in [6, 6.07) is 17.5. The van der Waals surface area contributed by atoms with E-state index in [1.165, 1.54) is 0 Å². The van der Waals surface area contributed by atoms with Gasteiger partial charge < -0.3 is 9.84 Å². The zero-order chi connectivity index (χ0) is 15.8. The summed E-state index contributed by atoms with van der Waals surface area (Å²) in [7, 11) is 0. The van der Waals surface area contributed by atoms with E-state index in [0.717, 1.165) is 22.0 Å². The van der Waals surface area contributed by atoms with Gasteiger partial charge in [0.25, 0.3) is 5.88 Å². The molecule has 0 atom stereocenters. The number of hydrogen-bond acceptors (Lipinski definition) is 4. The number of hydrogen-bond donors (Lipinski definition) is 2. The maximum Gasteiger partial charge on any atom is 0.512 e. The van der Waals surface area contributed by atoms with E-state index in [2.05, 4.69) is 15.2 Å². The van der Waals surface area contributed by atoms with Gasteiger partial charge in [0.2, 0.25) is 0 Å². The van der Waals surface area contributed by atoms with Gasteiger partial charge in [0.1, 0.15) is 0 Å². The number of nitrogens with one attached hydrogen (secondary N) is 1. The molecule has 0 amide bonds. The number of H-pyrrole nitrogens is 1. The Balaban J connectivity index is 2.09. The third-order valence-corrected chi connectivity index (χ3v) is 3.61. The first kappa shape index (κ1) is 13.3. The van der Waals surface area contributed by atoms with Crippen molar-refractivity contribution in [1.82, 2.24) is 15.2 Å². The lowest BCUT2D eigenvalue weighted by molar-refractivity contribution is 0.143. The minimum Gasteiger partial charge on any atom is -0.449 e. The van der Waals surface area contributed by atoms with Gasteiger partial charge in [-0.2, -0.15) is 0 Å². The molecule has 6 nitrogen and oxygen atoms in total. The molecule has 2 aromatic heterocycles. The first-order valence-corrected chi connectivity index (χ1v) is 6.97. The third kappa shape index (κ3) is 2.17. The number of ether oxygens (including phenoxy) is 1. The highest BCUT2D eigenvalue weighted by molar-refractivity contribution is 6.10. The van der Waals surface area contributed by atoms with Gasteiger partial charge in [-0.25, -0.2) is 9.78 Å². The Hall–Kier alpha value is -3.41. The summed E-state index contributed by atoms with van der Waals surface area (Å²) in [6.07, 6.45) is -1.42. The van der Waals surface area contributed by atoms with Crippen LogP contribution in [0.15, 0.2) is 54.6 Å². The van der Waals surface area contributed by atoms with E-state index in [0.29, 0.717) is 11.0 Å². The largest absolute Gasteiger partial charge is 0.512 e. The van der Waals surface area contributed by atoms with E-state index >= 15 is 0 Å². The van der Waals surface area contributed by atoms with Gasteiger partial charge in [-0.05, 0) is 0 Å². The number of nitrogens with zero attached hydrogens (tertiary/aromatic N) is 2. The molecule has 0 aliphatic carbocycles. The number of fused-ring (bicyclic) bond motifs is 3. The SMILES string of the molecule is O=C(O)Oc1n[nH]c2c1nc(-c1ccccc1)c1ccccc12. The number of rotatable bonds is 2. The van der Waals surface area contributed by atoms with Crippen LogP contribution in [0.5, 0.6) is 5.88 Å². The van der Waals surface area contributed by atoms with Crippen LogP contribution in [-0.2, 0) is 0 Å². The fourth-order valence-electron chi connectivity index (χ4n) is 2.66. The molecular weight excluding hydrogens is 294 g/mol. The van der Waals surface area contributed by atoms with Crippen molar-refractivity contribution in [3.63, 3.8) is 0 Å². The van der Waals surface area contributed by atoms with Crippen molar-refractivity contribution in [3.05, 3.63) is 54.6 Å². The summed E-state index contributed by atoms with van der Waals surface area (Å²) >= 11 is 0. The smallest absolute Gasteiger partial charge is 0.449 e. The number of carbonyl (C=O) groups is 1. The van der Waals surface area contributed by atoms with Crippen LogP contribution in [0.3, 0.4) is 0 Å². The zero-order valence-corrected chi connectivity index (χ0v) is 11.9. The Morgan fingerprint density at radius 2 is 1.70 bits per heavy atom. The van der Waals surface area contributed by atoms with E-state index in [1.807, 2.05) is 54.6 Å². The lowest BCUT2D eigenvalue weighted by Gasteiger charge is -2.07. The molecule has 0 radical (unpaired) electrons. The predicted molar refractivity (Wildman–Crippen MR) is 85.5 cm³/mol. The molecule has 0 saturated heterocycles. The standard InChI is InChI=1S/C17H11N3O3/c21-17(22)23-16-15-14(19-20-16)12-9-5-4-8-11(12)13(18-15)10-6-2-1-3-7-10/h1-9H,(H,19,20)(H,21,22). The van der Waals surface area contributed by atoms with Gasteiger partial charge in [-0.3, -0.25) is 5.10 Å². The minimum absolute atomic E-state index is 0.0459. The second-order valence-electron chi connectivity index (χ2n) is 4.99. The number of pyridine rings is 1. The van der Waals surface area contributed by atoms with Gasteiger partial charge in [0, 0.05) is 16.3 Å². The Labute approximate surface area is 130 Å². The van der Waals surface area contributed by atoms with Crippen LogP contribution >= 0.6 is 0 Å². The van der Waals surface area contributed by atoms with Crippen molar-refractivity contribution < 1.29 is 14.6 Å². The van der Waals surface area contributed by atoms with Crippen LogP contribution in [0.25, 0.3) is 33.1 Å². The average molecular weight is 305 g/mol. The van der Waals surface area contributed by atoms with E-state index in [1.54, 1.807) is 0 Å². The maximum absolute atomic E-state index is 10.8. The van der Waals surface area contributed by atoms with Crippen LogP contribution in [0, 0.1) is 0 Å². The summed E-state index contributed by atoms with van der Waals surface area (Å²) in [5, 5.41) is 17.4. The number of aromatic nitrogens is 3. The first-order chi connectivity index (χ1) is 11.2. The minimum atomic E-state index is -1.42. The molecule has 4 aromatic rings. The predicted octanol–water partition coefficient (Wildman–Crippen LogP) is 3.83. The highest BCUT2D eigenvalue weighted by Crippen LogP contribution is 2.34. The molecule has 2 heterocycles. The second-order valence-corrected chi connectivity index (χ2v) is 4.99. The fourth-order valence-corrected chi connectivity index (χ4v) is 2.66. The van der Waals surface area contributed by atoms with Crippen molar-refractivity contribution >= 4 is 28.0 Å². The lowest BCUT2D eigenvalue weighted by atomic mass is 10.0. The molecule has 0 unspecified atom stereocenters. The summed E-state index contributed by atoms with van der Waals surface area (Å²) in [4.78, 5) is 15.4. The second kappa shape index (κ2) is 5.10. The third-order valence-electron chi connectivity index (χ3n) is 3.61. The normalized spacial score (nSPS) is 11.0. The van der Waals surface area contributed by atoms with Crippen molar-refractivity contribution in [2.45, 2.75) is 0 Å². The summed E-state index contributed by atoms with van der Waals surface area (Å²) in [5.74, 6) is -0.0459. The molecule has 0 aliphatic rings. The molecule has 112 valence electrons.